The average molecular weight is 283 g/mol. The fraction of sp³-hybridized carbons (Fsp3) is 1.00. The third kappa shape index (κ3) is 6.58. The molecular formula is C18H37NO. The highest BCUT2D eigenvalue weighted by Gasteiger charge is 2.25. The quantitative estimate of drug-likeness (QED) is 0.804. The minimum atomic E-state index is -0.126. The highest BCUT2D eigenvalue weighted by atomic mass is 16.3. The average Bonchev–Trinajstić information content (AvgIpc) is 2.42. The van der Waals surface area contributed by atoms with E-state index in [0.717, 1.165) is 6.42 Å². The van der Waals surface area contributed by atoms with Crippen LogP contribution >= 0.6 is 0 Å². The number of hydrogen-bond donors (Lipinski definition) is 1. The van der Waals surface area contributed by atoms with E-state index in [4.69, 9.17) is 0 Å². The molecule has 0 aromatic heterocycles. The number of aliphatic hydroxyl groups excluding tert-OH is 1. The topological polar surface area (TPSA) is 23.5 Å². The van der Waals surface area contributed by atoms with Gasteiger partial charge in [-0.1, -0.05) is 64.7 Å². The van der Waals surface area contributed by atoms with Gasteiger partial charge in [0.15, 0.2) is 0 Å². The first-order valence-electron chi connectivity index (χ1n) is 9.06. The molecule has 0 bridgehead atoms. The molecule has 0 spiro atoms. The first-order chi connectivity index (χ1) is 9.66. The Bertz CT molecular complexity index is 231. The Kier molecular flexibility index (Phi) is 9.54. The van der Waals surface area contributed by atoms with E-state index < -0.39 is 0 Å². The zero-order valence-corrected chi connectivity index (χ0v) is 14.1. The lowest BCUT2D eigenvalue weighted by Gasteiger charge is -2.36. The SMILES string of the molecule is CCCC(C)N(C)C1CCCCCCCCCCC1O. The largest absolute Gasteiger partial charge is 0.391 e. The standard InChI is InChI=1S/C18H37NO/c1-4-13-16(2)19(3)17-14-11-9-7-5-6-8-10-12-15-18(17)20/h16-18,20H,4-15H2,1-3H3. The van der Waals surface area contributed by atoms with Crippen molar-refractivity contribution in [2.24, 2.45) is 0 Å². The molecule has 0 aromatic rings. The molecule has 1 fully saturated rings. The van der Waals surface area contributed by atoms with Gasteiger partial charge < -0.3 is 5.11 Å². The maximum atomic E-state index is 10.6. The van der Waals surface area contributed by atoms with Gasteiger partial charge in [0.1, 0.15) is 0 Å². The second-order valence-corrected chi connectivity index (χ2v) is 6.84. The van der Waals surface area contributed by atoms with Crippen molar-refractivity contribution in [2.45, 2.75) is 109 Å². The summed E-state index contributed by atoms with van der Waals surface area (Å²) in [5.74, 6) is 0. The molecule has 0 aromatic carbocycles. The molecule has 0 radical (unpaired) electrons. The van der Waals surface area contributed by atoms with E-state index in [0.29, 0.717) is 12.1 Å². The van der Waals surface area contributed by atoms with Crippen molar-refractivity contribution in [1.29, 1.82) is 0 Å². The molecule has 0 amide bonds. The number of nitrogens with zero attached hydrogens (tertiary/aromatic N) is 1. The van der Waals surface area contributed by atoms with Gasteiger partial charge in [-0.3, -0.25) is 4.90 Å². The van der Waals surface area contributed by atoms with Crippen molar-refractivity contribution >= 4 is 0 Å². The lowest BCUT2D eigenvalue weighted by atomic mass is 9.94. The summed E-state index contributed by atoms with van der Waals surface area (Å²) < 4.78 is 0. The summed E-state index contributed by atoms with van der Waals surface area (Å²) in [4.78, 5) is 2.46. The van der Waals surface area contributed by atoms with E-state index >= 15 is 0 Å². The van der Waals surface area contributed by atoms with Gasteiger partial charge in [-0.25, -0.2) is 0 Å². The number of likely N-dealkylation sites (N-methyl/N-ethyl adjacent to an activating group) is 1. The van der Waals surface area contributed by atoms with Crippen LogP contribution in [0.2, 0.25) is 0 Å². The molecule has 20 heavy (non-hydrogen) atoms. The minimum absolute atomic E-state index is 0.126. The van der Waals surface area contributed by atoms with Gasteiger partial charge >= 0.3 is 0 Å². The zero-order chi connectivity index (χ0) is 14.8. The van der Waals surface area contributed by atoms with E-state index in [1.807, 2.05) is 0 Å². The van der Waals surface area contributed by atoms with Crippen LogP contribution in [0.25, 0.3) is 0 Å². The van der Waals surface area contributed by atoms with Gasteiger partial charge in [0.25, 0.3) is 0 Å². The highest BCUT2D eigenvalue weighted by molar-refractivity contribution is 4.81. The summed E-state index contributed by atoms with van der Waals surface area (Å²) in [6.45, 7) is 4.56. The third-order valence-corrected chi connectivity index (χ3v) is 5.12. The summed E-state index contributed by atoms with van der Waals surface area (Å²) in [5.41, 5.74) is 0. The molecule has 1 N–H and O–H groups in total. The number of hydrogen-bond acceptors (Lipinski definition) is 2. The first kappa shape index (κ1) is 18.0. The summed E-state index contributed by atoms with van der Waals surface area (Å²) in [7, 11) is 2.22. The maximum Gasteiger partial charge on any atom is 0.0695 e. The second kappa shape index (κ2) is 10.6. The summed E-state index contributed by atoms with van der Waals surface area (Å²) in [6.07, 6.45) is 15.2. The molecule has 0 aliphatic heterocycles. The van der Waals surface area contributed by atoms with Gasteiger partial charge in [0, 0.05) is 12.1 Å². The Hall–Kier alpha value is -0.0800. The predicted octanol–water partition coefficient (Wildman–Crippen LogP) is 4.75. The monoisotopic (exact) mass is 283 g/mol. The molecule has 2 nitrogen and oxygen atoms in total. The zero-order valence-electron chi connectivity index (χ0n) is 14.1. The lowest BCUT2D eigenvalue weighted by molar-refractivity contribution is 0.0290. The summed E-state index contributed by atoms with van der Waals surface area (Å²) >= 11 is 0. The van der Waals surface area contributed by atoms with Crippen LogP contribution in [-0.4, -0.2) is 35.2 Å². The van der Waals surface area contributed by atoms with E-state index in [1.165, 1.54) is 70.6 Å². The third-order valence-electron chi connectivity index (χ3n) is 5.12. The normalized spacial score (nSPS) is 28.6. The van der Waals surface area contributed by atoms with E-state index in [-0.39, 0.29) is 6.10 Å². The molecule has 0 heterocycles. The highest BCUT2D eigenvalue weighted by Crippen LogP contribution is 2.22. The molecule has 1 rings (SSSR count). The fourth-order valence-electron chi connectivity index (χ4n) is 3.58. The molecule has 3 unspecified atom stereocenters. The Labute approximate surface area is 126 Å². The van der Waals surface area contributed by atoms with E-state index in [1.54, 1.807) is 0 Å². The first-order valence-corrected chi connectivity index (χ1v) is 9.06. The van der Waals surface area contributed by atoms with E-state index in [2.05, 4.69) is 25.8 Å². The molecule has 1 aliphatic rings. The Morgan fingerprint density at radius 2 is 1.45 bits per heavy atom. The van der Waals surface area contributed by atoms with Gasteiger partial charge in [-0.15, -0.1) is 0 Å². The van der Waals surface area contributed by atoms with Crippen molar-refractivity contribution in [3.8, 4) is 0 Å². The Balaban J connectivity index is 2.55. The van der Waals surface area contributed by atoms with Crippen LogP contribution in [0.5, 0.6) is 0 Å². The van der Waals surface area contributed by atoms with Crippen molar-refractivity contribution in [1.82, 2.24) is 4.90 Å². The van der Waals surface area contributed by atoms with Crippen LogP contribution in [0, 0.1) is 0 Å². The van der Waals surface area contributed by atoms with Gasteiger partial charge in [0.2, 0.25) is 0 Å². The Morgan fingerprint density at radius 1 is 0.950 bits per heavy atom. The van der Waals surface area contributed by atoms with Crippen molar-refractivity contribution in [2.75, 3.05) is 7.05 Å². The van der Waals surface area contributed by atoms with Crippen LogP contribution in [0.4, 0.5) is 0 Å². The number of aliphatic hydroxyl groups is 1. The smallest absolute Gasteiger partial charge is 0.0695 e. The van der Waals surface area contributed by atoms with Crippen molar-refractivity contribution in [3.63, 3.8) is 0 Å². The summed E-state index contributed by atoms with van der Waals surface area (Å²) in [5, 5.41) is 10.6. The van der Waals surface area contributed by atoms with Crippen molar-refractivity contribution in [3.05, 3.63) is 0 Å². The minimum Gasteiger partial charge on any atom is -0.391 e. The second-order valence-electron chi connectivity index (χ2n) is 6.84. The summed E-state index contributed by atoms with van der Waals surface area (Å²) in [6, 6.07) is 0.962. The molecule has 1 saturated carbocycles. The molecule has 3 atom stereocenters. The van der Waals surface area contributed by atoms with Gasteiger partial charge in [0.05, 0.1) is 6.10 Å². The maximum absolute atomic E-state index is 10.6. The Morgan fingerprint density at radius 3 is 2.00 bits per heavy atom. The van der Waals surface area contributed by atoms with Gasteiger partial charge in [-0.2, -0.15) is 0 Å². The predicted molar refractivity (Wildman–Crippen MR) is 88.1 cm³/mol. The number of rotatable bonds is 4. The van der Waals surface area contributed by atoms with Crippen LogP contribution < -0.4 is 0 Å². The fourth-order valence-corrected chi connectivity index (χ4v) is 3.58. The van der Waals surface area contributed by atoms with Crippen LogP contribution in [-0.2, 0) is 0 Å². The van der Waals surface area contributed by atoms with Crippen LogP contribution in [0.1, 0.15) is 90.9 Å². The molecular weight excluding hydrogens is 246 g/mol. The molecule has 0 saturated heterocycles. The van der Waals surface area contributed by atoms with E-state index in [9.17, 15) is 5.11 Å². The molecule has 120 valence electrons. The molecule has 1 aliphatic carbocycles. The van der Waals surface area contributed by atoms with Crippen LogP contribution in [0.3, 0.4) is 0 Å². The van der Waals surface area contributed by atoms with Gasteiger partial charge in [-0.05, 0) is 33.2 Å². The molecule has 2 heteroatoms. The lowest BCUT2D eigenvalue weighted by Crippen LogP contribution is -2.45. The van der Waals surface area contributed by atoms with Crippen LogP contribution in [0.15, 0.2) is 0 Å². The van der Waals surface area contributed by atoms with Crippen molar-refractivity contribution < 1.29 is 5.11 Å².